The van der Waals surface area contributed by atoms with Gasteiger partial charge in [0.25, 0.3) is 5.91 Å². The molecule has 0 radical (unpaired) electrons. The predicted octanol–water partition coefficient (Wildman–Crippen LogP) is 2.19. The number of hydrogen-bond acceptors (Lipinski definition) is 4. The van der Waals surface area contributed by atoms with Crippen molar-refractivity contribution < 1.29 is 29.3 Å². The molecule has 4 N–H and O–H groups in total. The van der Waals surface area contributed by atoms with Crippen LogP contribution >= 0.6 is 0 Å². The minimum atomic E-state index is -1.36. The maximum absolute atomic E-state index is 13.1. The summed E-state index contributed by atoms with van der Waals surface area (Å²) in [7, 11) is 0. The van der Waals surface area contributed by atoms with Gasteiger partial charge in [-0.1, -0.05) is 0 Å². The highest BCUT2D eigenvalue weighted by Crippen LogP contribution is 2.24. The molecule has 2 rings (SSSR count). The number of benzene rings is 2. The van der Waals surface area contributed by atoms with Crippen LogP contribution in [0.3, 0.4) is 0 Å². The summed E-state index contributed by atoms with van der Waals surface area (Å²) in [4.78, 5) is 23.0. The van der Waals surface area contributed by atoms with Crippen molar-refractivity contribution in [2.75, 3.05) is 5.32 Å². The van der Waals surface area contributed by atoms with Crippen LogP contribution in [-0.4, -0.2) is 27.2 Å². The van der Waals surface area contributed by atoms with E-state index in [9.17, 15) is 24.2 Å². The molecule has 2 aromatic rings. The fourth-order valence-electron chi connectivity index (χ4n) is 1.70. The molecule has 0 unspecified atom stereocenters. The summed E-state index contributed by atoms with van der Waals surface area (Å²) in [6.07, 6.45) is 0. The molecule has 0 bridgehead atoms. The Morgan fingerprint density at radius 1 is 1.00 bits per heavy atom. The number of anilines is 1. The van der Waals surface area contributed by atoms with Crippen LogP contribution in [-0.2, 0) is 0 Å². The van der Waals surface area contributed by atoms with Crippen molar-refractivity contribution in [3.63, 3.8) is 0 Å². The van der Waals surface area contributed by atoms with Crippen molar-refractivity contribution in [1.82, 2.24) is 0 Å². The first-order chi connectivity index (χ1) is 9.88. The molecule has 108 valence electrons. The molecule has 7 heteroatoms. The molecular weight excluding hydrogens is 281 g/mol. The van der Waals surface area contributed by atoms with Crippen LogP contribution in [0.4, 0.5) is 10.1 Å². The monoisotopic (exact) mass is 291 g/mol. The minimum absolute atomic E-state index is 0.0889. The topological polar surface area (TPSA) is 107 Å². The first-order valence-corrected chi connectivity index (χ1v) is 5.74. The van der Waals surface area contributed by atoms with E-state index in [-0.39, 0.29) is 22.6 Å². The van der Waals surface area contributed by atoms with E-state index in [4.69, 9.17) is 5.11 Å². The molecule has 0 fully saturated rings. The van der Waals surface area contributed by atoms with Gasteiger partial charge in [0.1, 0.15) is 17.3 Å². The number of rotatable bonds is 3. The summed E-state index contributed by atoms with van der Waals surface area (Å²) in [6, 6.07) is 6.16. The maximum Gasteiger partial charge on any atom is 0.337 e. The van der Waals surface area contributed by atoms with Crippen molar-refractivity contribution in [1.29, 1.82) is 0 Å². The minimum Gasteiger partial charge on any atom is -0.508 e. The largest absolute Gasteiger partial charge is 0.508 e. The van der Waals surface area contributed by atoms with Gasteiger partial charge in [0.2, 0.25) is 0 Å². The second kappa shape index (κ2) is 5.49. The molecule has 0 aliphatic carbocycles. The molecule has 6 nitrogen and oxygen atoms in total. The van der Waals surface area contributed by atoms with Crippen LogP contribution in [0.1, 0.15) is 20.7 Å². The molecule has 0 heterocycles. The summed E-state index contributed by atoms with van der Waals surface area (Å²) in [6.45, 7) is 0. The number of carbonyl (C=O) groups excluding carboxylic acids is 1. The zero-order valence-electron chi connectivity index (χ0n) is 10.5. The van der Waals surface area contributed by atoms with Crippen molar-refractivity contribution in [3.8, 4) is 11.5 Å². The SMILES string of the molecule is O=C(Nc1ccc(O)cc1C(=O)O)c1cc(F)ccc1O. The normalized spacial score (nSPS) is 10.1. The van der Waals surface area contributed by atoms with Crippen LogP contribution in [0.25, 0.3) is 0 Å². The highest BCUT2D eigenvalue weighted by molar-refractivity contribution is 6.09. The lowest BCUT2D eigenvalue weighted by Crippen LogP contribution is -2.15. The van der Waals surface area contributed by atoms with E-state index in [1.807, 2.05) is 0 Å². The lowest BCUT2D eigenvalue weighted by atomic mass is 10.1. The molecule has 0 saturated carbocycles. The highest BCUT2D eigenvalue weighted by Gasteiger charge is 2.17. The average molecular weight is 291 g/mol. The number of carbonyl (C=O) groups is 2. The van der Waals surface area contributed by atoms with Crippen molar-refractivity contribution in [2.45, 2.75) is 0 Å². The summed E-state index contributed by atoms with van der Waals surface area (Å²) in [5, 5.41) is 30.0. The standard InChI is InChI=1S/C14H10FNO5/c15-7-1-4-12(18)10(5-7)13(19)16-11-3-2-8(17)6-9(11)14(20)21/h1-6,17-18H,(H,16,19)(H,20,21). The Balaban J connectivity index is 2.36. The Labute approximate surface area is 118 Å². The number of hydrogen-bond donors (Lipinski definition) is 4. The van der Waals surface area contributed by atoms with Crippen molar-refractivity contribution in [3.05, 3.63) is 53.3 Å². The Hall–Kier alpha value is -3.09. The molecule has 21 heavy (non-hydrogen) atoms. The number of phenolic OH excluding ortho intramolecular Hbond substituents is 2. The maximum atomic E-state index is 13.1. The van der Waals surface area contributed by atoms with Gasteiger partial charge < -0.3 is 20.6 Å². The molecular formula is C14H10FNO5. The fraction of sp³-hybridized carbons (Fsp3) is 0. The van der Waals surface area contributed by atoms with Gasteiger partial charge >= 0.3 is 5.97 Å². The molecule has 1 amide bonds. The third-order valence-corrected chi connectivity index (χ3v) is 2.68. The number of aromatic carboxylic acids is 1. The number of phenols is 2. The first kappa shape index (κ1) is 14.3. The lowest BCUT2D eigenvalue weighted by Gasteiger charge is -2.10. The van der Waals surface area contributed by atoms with Gasteiger partial charge in [-0.15, -0.1) is 0 Å². The van der Waals surface area contributed by atoms with Gasteiger partial charge in [0.15, 0.2) is 0 Å². The third kappa shape index (κ3) is 3.08. The average Bonchev–Trinajstić information content (AvgIpc) is 2.43. The second-order valence-electron chi connectivity index (χ2n) is 4.15. The second-order valence-corrected chi connectivity index (χ2v) is 4.15. The van der Waals surface area contributed by atoms with Crippen LogP contribution in [0, 0.1) is 5.82 Å². The summed E-state index contributed by atoms with van der Waals surface area (Å²) in [5.41, 5.74) is -0.757. The highest BCUT2D eigenvalue weighted by atomic mass is 19.1. The molecule has 0 atom stereocenters. The Morgan fingerprint density at radius 2 is 1.71 bits per heavy atom. The lowest BCUT2D eigenvalue weighted by molar-refractivity contribution is 0.0697. The van der Waals surface area contributed by atoms with Gasteiger partial charge in [0, 0.05) is 0 Å². The van der Waals surface area contributed by atoms with E-state index in [1.54, 1.807) is 0 Å². The van der Waals surface area contributed by atoms with E-state index >= 15 is 0 Å². The van der Waals surface area contributed by atoms with E-state index in [1.165, 1.54) is 12.1 Å². The van der Waals surface area contributed by atoms with Crippen LogP contribution in [0.2, 0.25) is 0 Å². The van der Waals surface area contributed by atoms with E-state index in [0.717, 1.165) is 24.3 Å². The van der Waals surface area contributed by atoms with Gasteiger partial charge in [-0.25, -0.2) is 9.18 Å². The number of nitrogens with one attached hydrogen (secondary N) is 1. The van der Waals surface area contributed by atoms with E-state index < -0.39 is 23.4 Å². The van der Waals surface area contributed by atoms with Gasteiger partial charge in [-0.05, 0) is 36.4 Å². The Kier molecular flexibility index (Phi) is 3.75. The van der Waals surface area contributed by atoms with Gasteiger partial charge in [-0.2, -0.15) is 0 Å². The zero-order chi connectivity index (χ0) is 15.6. The van der Waals surface area contributed by atoms with E-state index in [0.29, 0.717) is 0 Å². The van der Waals surface area contributed by atoms with Crippen LogP contribution in [0.5, 0.6) is 11.5 Å². The van der Waals surface area contributed by atoms with Gasteiger partial charge in [0.05, 0.1) is 16.8 Å². The molecule has 2 aromatic carbocycles. The zero-order valence-corrected chi connectivity index (χ0v) is 10.5. The van der Waals surface area contributed by atoms with Crippen LogP contribution in [0.15, 0.2) is 36.4 Å². The van der Waals surface area contributed by atoms with Gasteiger partial charge in [-0.3, -0.25) is 4.79 Å². The molecule has 0 aliphatic rings. The number of carboxylic acid groups (broad SMARTS) is 1. The first-order valence-electron chi connectivity index (χ1n) is 5.74. The molecule has 0 aliphatic heterocycles. The number of carboxylic acids is 1. The number of aromatic hydroxyl groups is 2. The molecule has 0 aromatic heterocycles. The van der Waals surface area contributed by atoms with Crippen LogP contribution < -0.4 is 5.32 Å². The third-order valence-electron chi connectivity index (χ3n) is 2.68. The number of halogens is 1. The molecule has 0 saturated heterocycles. The Morgan fingerprint density at radius 3 is 2.38 bits per heavy atom. The number of amides is 1. The van der Waals surface area contributed by atoms with Crippen molar-refractivity contribution >= 4 is 17.6 Å². The summed E-state index contributed by atoms with van der Waals surface area (Å²) < 4.78 is 13.1. The van der Waals surface area contributed by atoms with E-state index in [2.05, 4.69) is 5.32 Å². The smallest absolute Gasteiger partial charge is 0.337 e. The Bertz CT molecular complexity index is 729. The van der Waals surface area contributed by atoms with Crippen molar-refractivity contribution in [2.24, 2.45) is 0 Å². The fourth-order valence-corrected chi connectivity index (χ4v) is 1.70. The predicted molar refractivity (Wildman–Crippen MR) is 71.1 cm³/mol. The quantitative estimate of drug-likeness (QED) is 0.648. The molecule has 0 spiro atoms. The summed E-state index contributed by atoms with van der Waals surface area (Å²) in [5.74, 6) is -3.67. The summed E-state index contributed by atoms with van der Waals surface area (Å²) >= 11 is 0.